The second-order valence-electron chi connectivity index (χ2n) is 4.87. The van der Waals surface area contributed by atoms with Gasteiger partial charge < -0.3 is 10.1 Å². The van der Waals surface area contributed by atoms with Crippen LogP contribution in [0.15, 0.2) is 30.9 Å². The molecule has 2 rings (SSSR count). The molecule has 21 heavy (non-hydrogen) atoms. The lowest BCUT2D eigenvalue weighted by molar-refractivity contribution is -0.149. The number of hydrogen-bond donors (Lipinski definition) is 1. The number of aryl methyl sites for hydroxylation is 1. The Morgan fingerprint density at radius 2 is 2.24 bits per heavy atom. The molecule has 0 spiro atoms. The van der Waals surface area contributed by atoms with Gasteiger partial charge in [-0.05, 0) is 42.2 Å². The molecule has 0 aliphatic heterocycles. The number of benzene rings is 1. The number of hydrogen-bond acceptors (Lipinski definition) is 2. The van der Waals surface area contributed by atoms with Crippen LogP contribution in [-0.4, -0.2) is 18.7 Å². The number of fused-ring (bicyclic) bond motifs is 1. The molecule has 0 saturated heterocycles. The van der Waals surface area contributed by atoms with Crippen LogP contribution in [-0.2, 0) is 16.0 Å². The molecule has 1 N–H and O–H groups in total. The van der Waals surface area contributed by atoms with Gasteiger partial charge in [-0.25, -0.2) is 0 Å². The van der Waals surface area contributed by atoms with E-state index in [1.807, 2.05) is 6.07 Å². The average Bonchev–Trinajstić information content (AvgIpc) is 2.80. The second-order valence-corrected chi connectivity index (χ2v) is 4.87. The first-order chi connectivity index (χ1) is 9.89. The Kier molecular flexibility index (Phi) is 4.67. The van der Waals surface area contributed by atoms with Crippen LogP contribution in [0, 0.1) is 0 Å². The third-order valence-electron chi connectivity index (χ3n) is 3.33. The molecular weight excluding hydrogens is 283 g/mol. The molecule has 1 aliphatic carbocycles. The van der Waals surface area contributed by atoms with Crippen LogP contribution >= 0.6 is 0 Å². The largest absolute Gasteiger partial charge is 0.391 e. The fourth-order valence-corrected chi connectivity index (χ4v) is 2.33. The smallest absolute Gasteiger partial charge is 0.373 e. The molecule has 0 saturated carbocycles. The van der Waals surface area contributed by atoms with Crippen LogP contribution < -0.4 is 5.32 Å². The Hall–Kier alpha value is -1.82. The zero-order chi connectivity index (χ0) is 15.5. The van der Waals surface area contributed by atoms with Gasteiger partial charge >= 0.3 is 6.18 Å². The summed E-state index contributed by atoms with van der Waals surface area (Å²) < 4.78 is 41.7. The quantitative estimate of drug-likeness (QED) is 0.841. The third kappa shape index (κ3) is 4.32. The van der Waals surface area contributed by atoms with E-state index in [9.17, 15) is 18.0 Å². The maximum Gasteiger partial charge on any atom is 0.391 e. The van der Waals surface area contributed by atoms with Crippen LogP contribution in [0.1, 0.15) is 30.1 Å². The van der Waals surface area contributed by atoms with Gasteiger partial charge in [-0.2, -0.15) is 13.2 Å². The van der Waals surface area contributed by atoms with Crippen molar-refractivity contribution in [3.05, 3.63) is 42.0 Å². The van der Waals surface area contributed by atoms with Gasteiger partial charge in [-0.3, -0.25) is 4.79 Å². The molecule has 114 valence electrons. The first-order valence-corrected chi connectivity index (χ1v) is 6.63. The summed E-state index contributed by atoms with van der Waals surface area (Å²) in [6.45, 7) is 3.01. The van der Waals surface area contributed by atoms with E-state index in [2.05, 4.69) is 11.9 Å². The lowest BCUT2D eigenvalue weighted by atomic mass is 10.1. The number of ether oxygens (including phenoxy) is 1. The van der Waals surface area contributed by atoms with Crippen molar-refractivity contribution in [1.29, 1.82) is 0 Å². The van der Waals surface area contributed by atoms with Gasteiger partial charge in [0.05, 0.1) is 19.1 Å². The van der Waals surface area contributed by atoms with Crippen LogP contribution in [0.4, 0.5) is 18.9 Å². The van der Waals surface area contributed by atoms with Crippen molar-refractivity contribution >= 4 is 11.6 Å². The van der Waals surface area contributed by atoms with Crippen molar-refractivity contribution in [2.45, 2.75) is 31.5 Å². The van der Waals surface area contributed by atoms with Crippen molar-refractivity contribution in [3.8, 4) is 0 Å². The van der Waals surface area contributed by atoms with E-state index >= 15 is 0 Å². The Balaban J connectivity index is 2.02. The molecule has 1 aromatic rings. The summed E-state index contributed by atoms with van der Waals surface area (Å²) in [5, 5.41) is 2.63. The van der Waals surface area contributed by atoms with Crippen LogP contribution in [0.2, 0.25) is 0 Å². The molecular formula is C15H16F3NO2. The van der Waals surface area contributed by atoms with Gasteiger partial charge in [0.1, 0.15) is 0 Å². The fraction of sp³-hybridized carbons (Fsp3) is 0.400. The number of alkyl halides is 3. The van der Waals surface area contributed by atoms with Gasteiger partial charge in [0.25, 0.3) is 0 Å². The highest BCUT2D eigenvalue weighted by Crippen LogP contribution is 2.36. The number of carbonyl (C=O) groups is 1. The molecule has 0 fully saturated rings. The molecule has 0 aromatic heterocycles. The average molecular weight is 299 g/mol. The Morgan fingerprint density at radius 3 is 2.90 bits per heavy atom. The van der Waals surface area contributed by atoms with Gasteiger partial charge in [-0.1, -0.05) is 12.6 Å². The summed E-state index contributed by atoms with van der Waals surface area (Å²) in [4.78, 5) is 11.3. The number of rotatable bonds is 5. The van der Waals surface area contributed by atoms with E-state index in [1.54, 1.807) is 12.1 Å². The van der Waals surface area contributed by atoms with E-state index in [-0.39, 0.29) is 18.6 Å². The predicted molar refractivity (Wildman–Crippen MR) is 73.0 cm³/mol. The van der Waals surface area contributed by atoms with E-state index in [1.165, 1.54) is 0 Å². The minimum atomic E-state index is -4.21. The highest BCUT2D eigenvalue weighted by atomic mass is 19.4. The number of carbonyl (C=O) groups excluding carboxylic acids is 1. The van der Waals surface area contributed by atoms with Crippen molar-refractivity contribution in [2.75, 3.05) is 11.9 Å². The zero-order valence-corrected chi connectivity index (χ0v) is 11.4. The maximum atomic E-state index is 12.1. The highest BCUT2D eigenvalue weighted by Gasteiger charge is 2.29. The Labute approximate surface area is 120 Å². The lowest BCUT2D eigenvalue weighted by Crippen LogP contribution is -2.13. The standard InChI is InChI=1S/C15H16F3NO2/c1-2-14(20)19-11-5-3-10-4-6-13(12(10)9-11)21-8-7-15(16,17)18/h2-3,5,9,13H,1,4,6-8H2,(H,19,20). The molecule has 0 radical (unpaired) electrons. The zero-order valence-electron chi connectivity index (χ0n) is 11.4. The summed E-state index contributed by atoms with van der Waals surface area (Å²) >= 11 is 0. The first-order valence-electron chi connectivity index (χ1n) is 6.63. The Bertz CT molecular complexity index is 540. The molecule has 1 atom stereocenters. The topological polar surface area (TPSA) is 38.3 Å². The number of amides is 1. The second kappa shape index (κ2) is 6.30. The molecule has 6 heteroatoms. The third-order valence-corrected chi connectivity index (χ3v) is 3.33. The van der Waals surface area contributed by atoms with Crippen LogP contribution in [0.3, 0.4) is 0 Å². The summed E-state index contributed by atoms with van der Waals surface area (Å²) in [5.74, 6) is -0.331. The molecule has 0 bridgehead atoms. The van der Waals surface area contributed by atoms with Crippen LogP contribution in [0.5, 0.6) is 0 Å². The number of anilines is 1. The minimum absolute atomic E-state index is 0.331. The highest BCUT2D eigenvalue weighted by molar-refractivity contribution is 5.98. The van der Waals surface area contributed by atoms with Crippen molar-refractivity contribution in [2.24, 2.45) is 0 Å². The minimum Gasteiger partial charge on any atom is -0.373 e. The van der Waals surface area contributed by atoms with E-state index in [0.717, 1.165) is 23.6 Å². The van der Waals surface area contributed by atoms with E-state index in [0.29, 0.717) is 12.1 Å². The predicted octanol–water partition coefficient (Wildman–Crippen LogP) is 3.77. The summed E-state index contributed by atoms with van der Waals surface area (Å²) in [5.41, 5.74) is 2.48. The molecule has 1 amide bonds. The number of nitrogens with one attached hydrogen (secondary N) is 1. The first kappa shape index (κ1) is 15.6. The molecule has 1 unspecified atom stereocenters. The normalized spacial score (nSPS) is 17.4. The lowest BCUT2D eigenvalue weighted by Gasteiger charge is -2.15. The van der Waals surface area contributed by atoms with Gasteiger partial charge in [-0.15, -0.1) is 0 Å². The van der Waals surface area contributed by atoms with Crippen molar-refractivity contribution < 1.29 is 22.7 Å². The van der Waals surface area contributed by atoms with Gasteiger partial charge in [0.15, 0.2) is 0 Å². The summed E-state index contributed by atoms with van der Waals surface area (Å²) in [6.07, 6.45) is -2.92. The van der Waals surface area contributed by atoms with E-state index in [4.69, 9.17) is 4.74 Å². The fourth-order valence-electron chi connectivity index (χ4n) is 2.33. The van der Waals surface area contributed by atoms with Crippen molar-refractivity contribution in [1.82, 2.24) is 0 Å². The van der Waals surface area contributed by atoms with Gasteiger partial charge in [0.2, 0.25) is 5.91 Å². The van der Waals surface area contributed by atoms with Crippen LogP contribution in [0.25, 0.3) is 0 Å². The maximum absolute atomic E-state index is 12.1. The Morgan fingerprint density at radius 1 is 1.48 bits per heavy atom. The summed E-state index contributed by atoms with van der Waals surface area (Å²) in [6, 6.07) is 5.38. The van der Waals surface area contributed by atoms with E-state index < -0.39 is 12.6 Å². The molecule has 0 heterocycles. The molecule has 1 aliphatic rings. The SMILES string of the molecule is C=CC(=O)Nc1ccc2c(c1)C(OCCC(F)(F)F)CC2. The summed E-state index contributed by atoms with van der Waals surface area (Å²) in [7, 11) is 0. The molecule has 3 nitrogen and oxygen atoms in total. The molecule has 1 aromatic carbocycles. The monoisotopic (exact) mass is 299 g/mol. The van der Waals surface area contributed by atoms with Gasteiger partial charge in [0, 0.05) is 5.69 Å². The number of halogens is 3. The van der Waals surface area contributed by atoms with Crippen molar-refractivity contribution in [3.63, 3.8) is 0 Å².